The van der Waals surface area contributed by atoms with Crippen LogP contribution in [0.1, 0.15) is 33.8 Å². The third kappa shape index (κ3) is 3.47. The Kier molecular flexibility index (Phi) is 4.73. The lowest BCUT2D eigenvalue weighted by atomic mass is 10.0. The molecule has 166 valence electrons. The second-order valence-electron chi connectivity index (χ2n) is 9.17. The van der Waals surface area contributed by atoms with Crippen molar-refractivity contribution in [2.24, 2.45) is 0 Å². The predicted molar refractivity (Wildman–Crippen MR) is 128 cm³/mol. The van der Waals surface area contributed by atoms with E-state index in [4.69, 9.17) is 10.5 Å². The van der Waals surface area contributed by atoms with Gasteiger partial charge in [0, 0.05) is 48.0 Å². The van der Waals surface area contributed by atoms with E-state index < -0.39 is 0 Å². The van der Waals surface area contributed by atoms with Crippen LogP contribution in [0, 0.1) is 6.92 Å². The van der Waals surface area contributed by atoms with Crippen LogP contribution in [0.5, 0.6) is 5.75 Å². The van der Waals surface area contributed by atoms with Crippen LogP contribution < -0.4 is 26.0 Å². The molecule has 0 saturated carbocycles. The SMILES string of the molecule is Cc1ccc2c(N)c(C(=O)N[C@@H]3COc4cc(N5CC6CCC(C5)N6)ccc4C3)sc2n1. The van der Waals surface area contributed by atoms with Crippen molar-refractivity contribution in [3.8, 4) is 5.75 Å². The highest BCUT2D eigenvalue weighted by molar-refractivity contribution is 7.21. The van der Waals surface area contributed by atoms with Crippen molar-refractivity contribution in [1.82, 2.24) is 15.6 Å². The Labute approximate surface area is 191 Å². The number of anilines is 2. The fourth-order valence-electron chi connectivity index (χ4n) is 5.17. The normalized spacial score (nSPS) is 24.3. The molecular formula is C24H27N5O2S. The number of hydrogen-bond acceptors (Lipinski definition) is 7. The Balaban J connectivity index is 1.16. The minimum atomic E-state index is -0.159. The number of hydrogen-bond donors (Lipinski definition) is 3. The number of benzene rings is 1. The third-order valence-corrected chi connectivity index (χ3v) is 7.93. The number of carbonyl (C=O) groups is 1. The van der Waals surface area contributed by atoms with Crippen molar-refractivity contribution >= 4 is 38.8 Å². The molecule has 0 spiro atoms. The number of carbonyl (C=O) groups excluding carboxylic acids is 1. The standard InChI is InChI=1S/C24H27N5O2S/c1-13-2-7-19-21(25)22(32-24(19)26-13)23(30)28-17-8-14-3-6-18(9-20(14)31-12-17)29-10-15-4-5-16(11-29)27-15/h2-3,6-7,9,15-17,27H,4-5,8,10-12,25H2,1H3,(H,28,30)/t15?,16?,17-/m0/s1. The molecule has 2 aromatic heterocycles. The highest BCUT2D eigenvalue weighted by Crippen LogP contribution is 2.34. The van der Waals surface area contributed by atoms with Crippen LogP contribution in [-0.4, -0.2) is 48.7 Å². The first-order valence-electron chi connectivity index (χ1n) is 11.3. The van der Waals surface area contributed by atoms with Crippen LogP contribution in [0.4, 0.5) is 11.4 Å². The second kappa shape index (κ2) is 7.64. The molecule has 8 heteroatoms. The summed E-state index contributed by atoms with van der Waals surface area (Å²) in [6, 6.07) is 11.5. The molecule has 32 heavy (non-hydrogen) atoms. The van der Waals surface area contributed by atoms with E-state index in [1.54, 1.807) is 0 Å². The lowest BCUT2D eigenvalue weighted by molar-refractivity contribution is 0.0920. The number of nitrogens with one attached hydrogen (secondary N) is 2. The maximum atomic E-state index is 13.0. The lowest BCUT2D eigenvalue weighted by Gasteiger charge is -2.35. The lowest BCUT2D eigenvalue weighted by Crippen LogP contribution is -2.51. The molecule has 2 saturated heterocycles. The highest BCUT2D eigenvalue weighted by atomic mass is 32.1. The van der Waals surface area contributed by atoms with Crippen molar-refractivity contribution in [1.29, 1.82) is 0 Å². The Morgan fingerprint density at radius 3 is 2.88 bits per heavy atom. The summed E-state index contributed by atoms with van der Waals surface area (Å²) in [5, 5.41) is 7.63. The van der Waals surface area contributed by atoms with Crippen LogP contribution in [-0.2, 0) is 6.42 Å². The van der Waals surface area contributed by atoms with E-state index in [-0.39, 0.29) is 11.9 Å². The molecule has 3 aliphatic heterocycles. The number of fused-ring (bicyclic) bond motifs is 4. The maximum absolute atomic E-state index is 13.0. The average molecular weight is 450 g/mol. The summed E-state index contributed by atoms with van der Waals surface area (Å²) in [6.07, 6.45) is 3.28. The molecule has 6 rings (SSSR count). The molecule has 3 aromatic rings. The van der Waals surface area contributed by atoms with E-state index >= 15 is 0 Å². The van der Waals surface area contributed by atoms with Gasteiger partial charge in [-0.2, -0.15) is 0 Å². The largest absolute Gasteiger partial charge is 0.491 e. The summed E-state index contributed by atoms with van der Waals surface area (Å²) < 4.78 is 6.08. The number of piperazine rings is 1. The van der Waals surface area contributed by atoms with Gasteiger partial charge >= 0.3 is 0 Å². The van der Waals surface area contributed by atoms with Gasteiger partial charge in [-0.3, -0.25) is 4.79 Å². The number of thiophene rings is 1. The molecule has 1 aromatic carbocycles. The quantitative estimate of drug-likeness (QED) is 0.570. The summed E-state index contributed by atoms with van der Waals surface area (Å²) in [5.41, 5.74) is 10.0. The van der Waals surface area contributed by atoms with Crippen LogP contribution in [0.3, 0.4) is 0 Å². The molecule has 3 aliphatic rings. The fraction of sp³-hybridized carbons (Fsp3) is 0.417. The zero-order chi connectivity index (χ0) is 21.8. The number of ether oxygens (including phenoxy) is 1. The van der Waals surface area contributed by atoms with Crippen LogP contribution >= 0.6 is 11.3 Å². The fourth-order valence-corrected chi connectivity index (χ4v) is 6.21. The van der Waals surface area contributed by atoms with Crippen molar-refractivity contribution in [2.75, 3.05) is 30.3 Å². The zero-order valence-corrected chi connectivity index (χ0v) is 18.9. The molecule has 7 nitrogen and oxygen atoms in total. The van der Waals surface area contributed by atoms with Gasteiger partial charge in [-0.15, -0.1) is 11.3 Å². The Bertz CT molecular complexity index is 1200. The first kappa shape index (κ1) is 19.8. The Hall–Kier alpha value is -2.84. The number of rotatable bonds is 3. The molecule has 5 heterocycles. The third-order valence-electron chi connectivity index (χ3n) is 6.81. The van der Waals surface area contributed by atoms with Crippen LogP contribution in [0.25, 0.3) is 10.2 Å². The summed E-state index contributed by atoms with van der Waals surface area (Å²) in [6.45, 7) is 4.50. The minimum Gasteiger partial charge on any atom is -0.491 e. The van der Waals surface area contributed by atoms with E-state index in [2.05, 4.69) is 38.7 Å². The van der Waals surface area contributed by atoms with Gasteiger partial charge in [-0.25, -0.2) is 4.98 Å². The molecule has 0 radical (unpaired) electrons. The van der Waals surface area contributed by atoms with Crippen LogP contribution in [0.2, 0.25) is 0 Å². The molecule has 2 bridgehead atoms. The molecule has 2 fully saturated rings. The van der Waals surface area contributed by atoms with Gasteiger partial charge in [-0.05, 0) is 49.9 Å². The first-order valence-corrected chi connectivity index (χ1v) is 12.1. The molecule has 1 amide bonds. The molecule has 3 atom stereocenters. The van der Waals surface area contributed by atoms with Gasteiger partial charge in [0.2, 0.25) is 0 Å². The topological polar surface area (TPSA) is 92.5 Å². The summed E-state index contributed by atoms with van der Waals surface area (Å²) in [4.78, 5) is 21.2. The van der Waals surface area contributed by atoms with Gasteiger partial charge < -0.3 is 26.0 Å². The van der Waals surface area contributed by atoms with Gasteiger partial charge in [0.05, 0.1) is 11.7 Å². The number of nitrogen functional groups attached to an aromatic ring is 1. The maximum Gasteiger partial charge on any atom is 0.263 e. The summed E-state index contributed by atoms with van der Waals surface area (Å²) in [7, 11) is 0. The summed E-state index contributed by atoms with van der Waals surface area (Å²) in [5.74, 6) is 0.771. The summed E-state index contributed by atoms with van der Waals surface area (Å²) >= 11 is 1.34. The highest BCUT2D eigenvalue weighted by Gasteiger charge is 2.33. The number of pyridine rings is 1. The van der Waals surface area contributed by atoms with E-state index in [0.29, 0.717) is 29.3 Å². The number of nitrogens with two attached hydrogens (primary N) is 1. The number of nitrogens with zero attached hydrogens (tertiary/aromatic N) is 2. The van der Waals surface area contributed by atoms with E-state index in [9.17, 15) is 4.79 Å². The van der Waals surface area contributed by atoms with Crippen LogP contribution in [0.15, 0.2) is 30.3 Å². The molecule has 2 unspecified atom stereocenters. The van der Waals surface area contributed by atoms with Gasteiger partial charge in [0.1, 0.15) is 22.1 Å². The van der Waals surface area contributed by atoms with E-state index in [0.717, 1.165) is 46.7 Å². The monoisotopic (exact) mass is 449 g/mol. The van der Waals surface area contributed by atoms with Crippen molar-refractivity contribution in [3.05, 3.63) is 46.5 Å². The molecule has 0 aliphatic carbocycles. The number of aryl methyl sites for hydroxylation is 1. The van der Waals surface area contributed by atoms with E-state index in [1.165, 1.54) is 29.9 Å². The van der Waals surface area contributed by atoms with Gasteiger partial charge in [0.15, 0.2) is 0 Å². The number of amides is 1. The Morgan fingerprint density at radius 1 is 1.25 bits per heavy atom. The van der Waals surface area contributed by atoms with Crippen molar-refractivity contribution < 1.29 is 9.53 Å². The first-order chi connectivity index (χ1) is 15.5. The average Bonchev–Trinajstić information content (AvgIpc) is 3.30. The Morgan fingerprint density at radius 2 is 2.06 bits per heavy atom. The van der Waals surface area contributed by atoms with Gasteiger partial charge in [0.25, 0.3) is 5.91 Å². The second-order valence-corrected chi connectivity index (χ2v) is 10.2. The number of aromatic nitrogens is 1. The predicted octanol–water partition coefficient (Wildman–Crippen LogP) is 2.86. The van der Waals surface area contributed by atoms with Crippen molar-refractivity contribution in [2.45, 2.75) is 44.3 Å². The zero-order valence-electron chi connectivity index (χ0n) is 18.1. The molecular weight excluding hydrogens is 422 g/mol. The molecule has 4 N–H and O–H groups in total. The van der Waals surface area contributed by atoms with E-state index in [1.807, 2.05) is 19.1 Å². The smallest absolute Gasteiger partial charge is 0.263 e. The minimum absolute atomic E-state index is 0.0878. The van der Waals surface area contributed by atoms with Crippen molar-refractivity contribution in [3.63, 3.8) is 0 Å². The van der Waals surface area contributed by atoms with Gasteiger partial charge in [-0.1, -0.05) is 6.07 Å².